The van der Waals surface area contributed by atoms with E-state index in [0.29, 0.717) is 29.5 Å². The van der Waals surface area contributed by atoms with E-state index in [9.17, 15) is 14.4 Å². The van der Waals surface area contributed by atoms with E-state index in [4.69, 9.17) is 14.2 Å². The van der Waals surface area contributed by atoms with E-state index < -0.39 is 17.9 Å². The van der Waals surface area contributed by atoms with E-state index in [0.717, 1.165) is 0 Å². The van der Waals surface area contributed by atoms with E-state index >= 15 is 0 Å². The Morgan fingerprint density at radius 3 is 2.03 bits per heavy atom. The summed E-state index contributed by atoms with van der Waals surface area (Å²) in [6, 6.07) is 13.7. The Labute approximate surface area is 181 Å². The number of carbonyl (C=O) groups excluding carboxylic acids is 3. The van der Waals surface area contributed by atoms with Gasteiger partial charge in [-0.1, -0.05) is 0 Å². The lowest BCUT2D eigenvalue weighted by atomic mass is 10.2. The van der Waals surface area contributed by atoms with Gasteiger partial charge in [0.2, 0.25) is 11.8 Å². The van der Waals surface area contributed by atoms with Gasteiger partial charge in [-0.05, 0) is 62.4 Å². The molecule has 3 N–H and O–H groups in total. The fourth-order valence-electron chi connectivity index (χ4n) is 2.46. The summed E-state index contributed by atoms with van der Waals surface area (Å²) in [7, 11) is 1.55. The number of carbonyl (C=O) groups is 3. The minimum atomic E-state index is -0.836. The van der Waals surface area contributed by atoms with Crippen molar-refractivity contribution < 1.29 is 28.6 Å². The minimum absolute atomic E-state index is 0.0349. The van der Waals surface area contributed by atoms with E-state index in [-0.39, 0.29) is 18.7 Å². The van der Waals surface area contributed by atoms with Crippen LogP contribution in [0.2, 0.25) is 0 Å². The van der Waals surface area contributed by atoms with Gasteiger partial charge in [0.05, 0.1) is 13.7 Å². The molecular formula is C22H27N3O6. The summed E-state index contributed by atoms with van der Waals surface area (Å²) in [6.45, 7) is 4.00. The van der Waals surface area contributed by atoms with Crippen LogP contribution >= 0.6 is 0 Å². The van der Waals surface area contributed by atoms with Crippen LogP contribution in [0, 0.1) is 0 Å². The molecule has 0 aliphatic heterocycles. The Hall–Kier alpha value is -3.75. The maximum Gasteiger partial charge on any atom is 0.279 e. The van der Waals surface area contributed by atoms with Crippen LogP contribution in [0.3, 0.4) is 0 Å². The Morgan fingerprint density at radius 1 is 0.839 bits per heavy atom. The van der Waals surface area contributed by atoms with Gasteiger partial charge in [-0.15, -0.1) is 0 Å². The highest BCUT2D eigenvalue weighted by Crippen LogP contribution is 2.18. The molecule has 0 heterocycles. The van der Waals surface area contributed by atoms with Gasteiger partial charge in [0.25, 0.3) is 5.91 Å². The zero-order chi connectivity index (χ0) is 22.6. The number of nitrogens with one attached hydrogen (secondary N) is 3. The largest absolute Gasteiger partial charge is 0.497 e. The Kier molecular flexibility index (Phi) is 9.15. The molecule has 0 bridgehead atoms. The van der Waals surface area contributed by atoms with Crippen LogP contribution < -0.4 is 30.4 Å². The standard InChI is InChI=1S/C22H27N3O6/c1-4-30-18-7-5-16(6-8-18)23-20(26)13-14-21(27)24-25-22(28)15(2)31-19-11-9-17(29-3)10-12-19/h5-12,15H,4,13-14H2,1-3H3,(H,23,26)(H,24,27)(H,25,28). The van der Waals surface area contributed by atoms with Gasteiger partial charge in [-0.2, -0.15) is 0 Å². The normalized spacial score (nSPS) is 11.1. The number of methoxy groups -OCH3 is 1. The molecule has 0 aliphatic rings. The highest BCUT2D eigenvalue weighted by Gasteiger charge is 2.16. The van der Waals surface area contributed by atoms with Crippen molar-refractivity contribution in [3.63, 3.8) is 0 Å². The van der Waals surface area contributed by atoms with Crippen molar-refractivity contribution >= 4 is 23.4 Å². The highest BCUT2D eigenvalue weighted by molar-refractivity contribution is 5.93. The van der Waals surface area contributed by atoms with Crippen LogP contribution in [0.5, 0.6) is 17.2 Å². The molecule has 1 atom stereocenters. The smallest absolute Gasteiger partial charge is 0.279 e. The van der Waals surface area contributed by atoms with Gasteiger partial charge in [0.15, 0.2) is 6.10 Å². The lowest BCUT2D eigenvalue weighted by Crippen LogP contribution is -2.47. The molecule has 9 heteroatoms. The van der Waals surface area contributed by atoms with Gasteiger partial charge in [-0.3, -0.25) is 25.2 Å². The second kappa shape index (κ2) is 12.1. The summed E-state index contributed by atoms with van der Waals surface area (Å²) in [6.07, 6.45) is -0.958. The number of benzene rings is 2. The molecule has 2 rings (SSSR count). The molecule has 0 fully saturated rings. The highest BCUT2D eigenvalue weighted by atomic mass is 16.5. The summed E-state index contributed by atoms with van der Waals surface area (Å²) in [5.41, 5.74) is 5.16. The van der Waals surface area contributed by atoms with E-state index in [1.165, 1.54) is 0 Å². The zero-order valence-electron chi connectivity index (χ0n) is 17.8. The molecule has 0 saturated heterocycles. The number of amides is 3. The molecule has 0 aromatic heterocycles. The van der Waals surface area contributed by atoms with E-state index in [1.807, 2.05) is 6.92 Å². The zero-order valence-corrected chi connectivity index (χ0v) is 17.8. The van der Waals surface area contributed by atoms with E-state index in [1.54, 1.807) is 62.6 Å². The van der Waals surface area contributed by atoms with Crippen molar-refractivity contribution in [3.05, 3.63) is 48.5 Å². The van der Waals surface area contributed by atoms with Crippen LogP contribution in [0.15, 0.2) is 48.5 Å². The predicted octanol–water partition coefficient (Wildman–Crippen LogP) is 2.43. The lowest BCUT2D eigenvalue weighted by molar-refractivity contribution is -0.133. The summed E-state index contributed by atoms with van der Waals surface area (Å²) in [5.74, 6) is 0.529. The van der Waals surface area contributed by atoms with Crippen molar-refractivity contribution in [1.82, 2.24) is 10.9 Å². The quantitative estimate of drug-likeness (QED) is 0.500. The number of anilines is 1. The Morgan fingerprint density at radius 2 is 1.42 bits per heavy atom. The third-order valence-corrected chi connectivity index (χ3v) is 4.09. The van der Waals surface area contributed by atoms with Crippen LogP contribution in [-0.4, -0.2) is 37.5 Å². The molecular weight excluding hydrogens is 402 g/mol. The van der Waals surface area contributed by atoms with Gasteiger partial charge < -0.3 is 19.5 Å². The molecule has 9 nitrogen and oxygen atoms in total. The van der Waals surface area contributed by atoms with Crippen LogP contribution in [0.4, 0.5) is 5.69 Å². The number of rotatable bonds is 10. The van der Waals surface area contributed by atoms with Gasteiger partial charge in [0, 0.05) is 18.5 Å². The molecule has 3 amide bonds. The third-order valence-electron chi connectivity index (χ3n) is 4.09. The SMILES string of the molecule is CCOc1ccc(NC(=O)CCC(=O)NNC(=O)C(C)Oc2ccc(OC)cc2)cc1. The van der Waals surface area contributed by atoms with Crippen molar-refractivity contribution in [2.75, 3.05) is 19.0 Å². The average Bonchev–Trinajstić information content (AvgIpc) is 2.78. The molecule has 0 saturated carbocycles. The van der Waals surface area contributed by atoms with Crippen LogP contribution in [0.25, 0.3) is 0 Å². The molecule has 0 radical (unpaired) electrons. The van der Waals surface area contributed by atoms with E-state index in [2.05, 4.69) is 16.2 Å². The molecule has 2 aromatic rings. The Bertz CT molecular complexity index is 868. The summed E-state index contributed by atoms with van der Waals surface area (Å²) in [4.78, 5) is 35.9. The molecule has 2 aromatic carbocycles. The first-order valence-corrected chi connectivity index (χ1v) is 9.83. The number of hydrogen-bond acceptors (Lipinski definition) is 6. The van der Waals surface area contributed by atoms with Crippen molar-refractivity contribution in [3.8, 4) is 17.2 Å². The maximum absolute atomic E-state index is 12.1. The number of ether oxygens (including phenoxy) is 3. The second-order valence-electron chi connectivity index (χ2n) is 6.48. The van der Waals surface area contributed by atoms with Gasteiger partial charge >= 0.3 is 0 Å². The van der Waals surface area contributed by atoms with Crippen LogP contribution in [0.1, 0.15) is 26.7 Å². The lowest BCUT2D eigenvalue weighted by Gasteiger charge is -2.15. The fourth-order valence-corrected chi connectivity index (χ4v) is 2.46. The first-order chi connectivity index (χ1) is 14.9. The first kappa shape index (κ1) is 23.5. The summed E-state index contributed by atoms with van der Waals surface area (Å²) < 4.78 is 15.9. The van der Waals surface area contributed by atoms with Crippen molar-refractivity contribution in [2.45, 2.75) is 32.8 Å². The predicted molar refractivity (Wildman–Crippen MR) is 115 cm³/mol. The monoisotopic (exact) mass is 429 g/mol. The second-order valence-corrected chi connectivity index (χ2v) is 6.48. The number of hydrazine groups is 1. The topological polar surface area (TPSA) is 115 Å². The first-order valence-electron chi connectivity index (χ1n) is 9.83. The molecule has 31 heavy (non-hydrogen) atoms. The number of hydrogen-bond donors (Lipinski definition) is 3. The third kappa shape index (κ3) is 8.25. The molecule has 1 unspecified atom stereocenters. The molecule has 166 valence electrons. The van der Waals surface area contributed by atoms with Gasteiger partial charge in [-0.25, -0.2) is 0 Å². The fraction of sp³-hybridized carbons (Fsp3) is 0.318. The molecule has 0 spiro atoms. The minimum Gasteiger partial charge on any atom is -0.497 e. The summed E-state index contributed by atoms with van der Waals surface area (Å²) >= 11 is 0. The van der Waals surface area contributed by atoms with Crippen LogP contribution in [-0.2, 0) is 14.4 Å². The van der Waals surface area contributed by atoms with Crippen molar-refractivity contribution in [1.29, 1.82) is 0 Å². The van der Waals surface area contributed by atoms with Gasteiger partial charge in [0.1, 0.15) is 17.2 Å². The Balaban J connectivity index is 1.67. The van der Waals surface area contributed by atoms with Crippen molar-refractivity contribution in [2.24, 2.45) is 0 Å². The molecule has 0 aliphatic carbocycles. The maximum atomic E-state index is 12.1. The summed E-state index contributed by atoms with van der Waals surface area (Å²) in [5, 5.41) is 2.69. The average molecular weight is 429 g/mol.